The summed E-state index contributed by atoms with van der Waals surface area (Å²) in [6, 6.07) is 1.81. The molecule has 322 valence electrons. The van der Waals surface area contributed by atoms with Crippen molar-refractivity contribution in [3.63, 3.8) is 0 Å². The number of aromatic nitrogens is 3. The van der Waals surface area contributed by atoms with Gasteiger partial charge >= 0.3 is 17.7 Å². The van der Waals surface area contributed by atoms with Crippen LogP contribution in [0.3, 0.4) is 0 Å². The molecule has 1 aliphatic carbocycles. The molecule has 59 heavy (non-hydrogen) atoms. The maximum absolute atomic E-state index is 14.1. The second-order valence-corrected chi connectivity index (χ2v) is 16.1. The summed E-state index contributed by atoms with van der Waals surface area (Å²) >= 11 is 0. The molecule has 2 aromatic heterocycles. The van der Waals surface area contributed by atoms with Gasteiger partial charge in [0, 0.05) is 55.8 Å². The highest BCUT2D eigenvalue weighted by atomic mass is 16.5. The number of para-hydroxylation sites is 1. The maximum Gasteiger partial charge on any atom is 0.330 e. The lowest BCUT2D eigenvalue weighted by Gasteiger charge is -2.36. The summed E-state index contributed by atoms with van der Waals surface area (Å²) in [6.45, 7) is 5.08. The van der Waals surface area contributed by atoms with Crippen molar-refractivity contribution < 1.29 is 38.9 Å². The Morgan fingerprint density at radius 3 is 2.36 bits per heavy atom. The van der Waals surface area contributed by atoms with Crippen LogP contribution in [0, 0.1) is 11.8 Å². The van der Waals surface area contributed by atoms with Gasteiger partial charge in [-0.15, -0.1) is 0 Å². The number of aliphatic hydroxyl groups is 1. The molecule has 1 aromatic carbocycles. The number of amides is 5. The molecule has 8 atom stereocenters. The highest BCUT2D eigenvalue weighted by Gasteiger charge is 2.39. The van der Waals surface area contributed by atoms with Gasteiger partial charge in [0.05, 0.1) is 18.2 Å². The number of nitrogens with one attached hydrogen (secondary N) is 6. The fourth-order valence-electron chi connectivity index (χ4n) is 7.86. The van der Waals surface area contributed by atoms with Crippen LogP contribution in [0.25, 0.3) is 10.9 Å². The predicted molar refractivity (Wildman–Crippen MR) is 216 cm³/mol. The summed E-state index contributed by atoms with van der Waals surface area (Å²) in [5.41, 5.74) is 6.55. The van der Waals surface area contributed by atoms with E-state index < -0.39 is 89.6 Å². The Morgan fingerprint density at radius 2 is 1.68 bits per heavy atom. The number of aliphatic carboxylic acids is 1. The summed E-state index contributed by atoms with van der Waals surface area (Å²) in [4.78, 5) is 98.0. The van der Waals surface area contributed by atoms with Crippen LogP contribution in [0.15, 0.2) is 52.3 Å². The second kappa shape index (κ2) is 20.0. The van der Waals surface area contributed by atoms with E-state index in [0.717, 1.165) is 53.6 Å². The molecular formula is C40H57N9O10. The van der Waals surface area contributed by atoms with Gasteiger partial charge < -0.3 is 51.8 Å². The number of aromatic amines is 2. The first-order valence-corrected chi connectivity index (χ1v) is 20.1. The Morgan fingerprint density at radius 1 is 0.983 bits per heavy atom. The molecule has 0 radical (unpaired) electrons. The van der Waals surface area contributed by atoms with Crippen LogP contribution in [0.2, 0.25) is 0 Å². The van der Waals surface area contributed by atoms with Gasteiger partial charge in [0.2, 0.25) is 17.7 Å². The van der Waals surface area contributed by atoms with Gasteiger partial charge in [-0.1, -0.05) is 51.3 Å². The Labute approximate surface area is 340 Å². The lowest BCUT2D eigenvalue weighted by molar-refractivity contribution is -0.140. The molecule has 2 fully saturated rings. The zero-order valence-corrected chi connectivity index (χ0v) is 33.8. The smallest absolute Gasteiger partial charge is 0.330 e. The number of H-pyrrole nitrogens is 2. The Bertz CT molecular complexity index is 2080. The number of hydrogen-bond acceptors (Lipinski definition) is 10. The Hall–Kier alpha value is -5.53. The minimum Gasteiger partial charge on any atom is -0.480 e. The third kappa shape index (κ3) is 11.4. The lowest BCUT2D eigenvalue weighted by Crippen LogP contribution is -2.63. The number of carboxylic acids is 1. The summed E-state index contributed by atoms with van der Waals surface area (Å²) < 4.78 is 6.91. The number of likely N-dealkylation sites (N-methyl/N-ethyl adjacent to an activating group) is 1. The first kappa shape index (κ1) is 44.6. The largest absolute Gasteiger partial charge is 0.480 e. The molecule has 19 heteroatoms. The number of carboxylic acid groups (broad SMARTS) is 1. The van der Waals surface area contributed by atoms with Crippen molar-refractivity contribution in [2.45, 2.75) is 121 Å². The molecule has 0 spiro atoms. The van der Waals surface area contributed by atoms with E-state index in [9.17, 15) is 43.8 Å². The van der Waals surface area contributed by atoms with E-state index >= 15 is 0 Å². The van der Waals surface area contributed by atoms with Gasteiger partial charge in [-0.25, -0.2) is 14.4 Å². The number of hydrogen-bond donors (Lipinski definition) is 9. The minimum absolute atomic E-state index is 0.0187. The monoisotopic (exact) mass is 823 g/mol. The van der Waals surface area contributed by atoms with Crippen molar-refractivity contribution in [3.8, 4) is 0 Å². The molecule has 19 nitrogen and oxygen atoms in total. The fraction of sp³-hybridized carbons (Fsp3) is 0.575. The van der Waals surface area contributed by atoms with E-state index in [4.69, 9.17) is 10.5 Å². The topological polar surface area (TPSA) is 283 Å². The summed E-state index contributed by atoms with van der Waals surface area (Å²) in [7, 11) is 1.50. The van der Waals surface area contributed by atoms with Gasteiger partial charge in [-0.05, 0) is 49.7 Å². The zero-order valence-electron chi connectivity index (χ0n) is 33.8. The number of carbonyl (C=O) groups is 5. The van der Waals surface area contributed by atoms with Crippen LogP contribution >= 0.6 is 0 Å². The van der Waals surface area contributed by atoms with E-state index in [2.05, 4.69) is 31.2 Å². The molecule has 0 bridgehead atoms. The minimum atomic E-state index is -1.38. The van der Waals surface area contributed by atoms with Crippen LogP contribution in [0.5, 0.6) is 0 Å². The van der Waals surface area contributed by atoms with Crippen molar-refractivity contribution >= 4 is 40.6 Å². The molecule has 1 aliphatic heterocycles. The second-order valence-electron chi connectivity index (χ2n) is 16.1. The summed E-state index contributed by atoms with van der Waals surface area (Å²) in [6.07, 6.45) is 4.45. The number of nitrogens with two attached hydrogens (primary N) is 1. The van der Waals surface area contributed by atoms with Gasteiger partial charge in [-0.2, -0.15) is 0 Å². The van der Waals surface area contributed by atoms with Crippen molar-refractivity contribution in [2.24, 2.45) is 17.6 Å². The number of carbonyl (C=O) groups excluding carboxylic acids is 4. The van der Waals surface area contributed by atoms with E-state index in [1.807, 2.05) is 38.1 Å². The normalized spacial score (nSPS) is 20.9. The molecule has 2 aliphatic rings. The van der Waals surface area contributed by atoms with Gasteiger partial charge in [0.15, 0.2) is 6.23 Å². The molecule has 1 unspecified atom stereocenters. The number of rotatable bonds is 17. The van der Waals surface area contributed by atoms with Crippen molar-refractivity contribution in [2.75, 3.05) is 13.6 Å². The van der Waals surface area contributed by atoms with Gasteiger partial charge in [0.1, 0.15) is 24.2 Å². The summed E-state index contributed by atoms with van der Waals surface area (Å²) in [5.74, 6) is -3.33. The number of urea groups is 1. The first-order chi connectivity index (χ1) is 28.0. The SMILES string of the molecule is CC(C)C[C@H](NC(=O)N[C@@H](Cc1c[nH]c2ccccc12)C(=O)O)C(=O)N[C@H](C(=O)NC[C@H]1C[C@@H](O)[C@H](n2ccc(=O)[nH]c2=O)O1)[C@H](C)N(C)C(=O)C(N)C1CCCCC1. The molecular weight excluding hydrogens is 766 g/mol. The number of nitrogens with zero attached hydrogens (tertiary/aromatic N) is 2. The third-order valence-corrected chi connectivity index (χ3v) is 11.3. The van der Waals surface area contributed by atoms with Gasteiger partial charge in [-0.3, -0.25) is 28.7 Å². The van der Waals surface area contributed by atoms with Crippen LogP contribution in [-0.2, 0) is 30.3 Å². The van der Waals surface area contributed by atoms with Crippen LogP contribution in [-0.4, -0.2) is 115 Å². The molecule has 3 aromatic rings. The third-order valence-electron chi connectivity index (χ3n) is 11.3. The van der Waals surface area contributed by atoms with Crippen LogP contribution < -0.4 is 38.2 Å². The zero-order chi connectivity index (χ0) is 43.0. The maximum atomic E-state index is 14.1. The average molecular weight is 824 g/mol. The van der Waals surface area contributed by atoms with Crippen LogP contribution in [0.1, 0.15) is 77.5 Å². The van der Waals surface area contributed by atoms with Crippen molar-refractivity contribution in [1.29, 1.82) is 0 Å². The molecule has 1 saturated carbocycles. The van der Waals surface area contributed by atoms with E-state index in [0.29, 0.717) is 5.56 Å². The van der Waals surface area contributed by atoms with Gasteiger partial charge in [0.25, 0.3) is 5.56 Å². The fourth-order valence-corrected chi connectivity index (χ4v) is 7.86. The van der Waals surface area contributed by atoms with Crippen molar-refractivity contribution in [3.05, 3.63) is 69.1 Å². The molecule has 5 amide bonds. The number of aliphatic hydroxyl groups excluding tert-OH is 1. The predicted octanol–water partition coefficient (Wildman–Crippen LogP) is 0.432. The number of fused-ring (bicyclic) bond motifs is 1. The molecule has 1 saturated heterocycles. The van der Waals surface area contributed by atoms with Crippen LogP contribution in [0.4, 0.5) is 4.79 Å². The van der Waals surface area contributed by atoms with E-state index in [1.54, 1.807) is 13.1 Å². The first-order valence-electron chi connectivity index (χ1n) is 20.1. The highest BCUT2D eigenvalue weighted by Crippen LogP contribution is 2.28. The number of benzene rings is 1. The quantitative estimate of drug-likeness (QED) is 0.0900. The average Bonchev–Trinajstić information content (AvgIpc) is 3.79. The Kier molecular flexibility index (Phi) is 15.1. The highest BCUT2D eigenvalue weighted by molar-refractivity contribution is 5.93. The lowest BCUT2D eigenvalue weighted by atomic mass is 9.83. The Balaban J connectivity index is 1.31. The van der Waals surface area contributed by atoms with E-state index in [-0.39, 0.29) is 37.6 Å². The molecule has 5 rings (SSSR count). The molecule has 10 N–H and O–H groups in total. The van der Waals surface area contributed by atoms with Crippen molar-refractivity contribution in [1.82, 2.24) is 40.7 Å². The summed E-state index contributed by atoms with van der Waals surface area (Å²) in [5, 5.41) is 32.0. The standard InChI is InChI=1S/C40H57N9O10/c1-21(2)16-28(44-39(57)45-29(38(55)56)17-24-19-42-27-13-9-8-12-26(24)27)34(52)47-33(22(3)48(4)36(54)32(41)23-10-6-5-7-11-23)35(53)43-20-25-18-30(50)37(59-25)49-15-14-31(51)46-40(49)58/h8-9,12-15,19,21-23,25,28-30,32-33,37,42,50H,5-7,10-11,16-18,20,41H2,1-4H3,(H,43,53)(H,47,52)(H,55,56)(H2,44,45,57)(H,46,51,58)/t22-,25+,28-,29-,30+,32?,33-,37+/m0/s1. The molecule has 3 heterocycles. The number of ether oxygens (including phenoxy) is 1. The van der Waals surface area contributed by atoms with E-state index in [1.165, 1.54) is 18.1 Å².